The number of thiazole rings is 1. The fraction of sp³-hybridized carbons (Fsp3) is 0.333. The quantitative estimate of drug-likeness (QED) is 0.352. The standard InChI is InChI=1S/C24H25N3O4S3/c1-16-12-17(2)22-20(13-16)25-24(33-22)27(15-19-7-4-10-31-19)23(28)18-6-3-9-26(14-18)34(29,30)21-8-5-11-32-21/h4-5,7-8,10-13,18H,3,6,9,14-15H2,1-2H3. The van der Waals surface area contributed by atoms with Crippen molar-refractivity contribution in [3.8, 4) is 0 Å². The molecular weight excluding hydrogens is 490 g/mol. The average molecular weight is 516 g/mol. The maximum atomic E-state index is 13.8. The maximum Gasteiger partial charge on any atom is 0.252 e. The van der Waals surface area contributed by atoms with Gasteiger partial charge < -0.3 is 4.42 Å². The molecule has 10 heteroatoms. The summed E-state index contributed by atoms with van der Waals surface area (Å²) >= 11 is 2.68. The summed E-state index contributed by atoms with van der Waals surface area (Å²) in [4.78, 5) is 20.3. The smallest absolute Gasteiger partial charge is 0.252 e. The largest absolute Gasteiger partial charge is 0.467 e. The molecule has 1 aliphatic heterocycles. The fourth-order valence-electron chi connectivity index (χ4n) is 4.40. The van der Waals surface area contributed by atoms with E-state index in [1.807, 2.05) is 26.0 Å². The molecule has 0 bridgehead atoms. The summed E-state index contributed by atoms with van der Waals surface area (Å²) in [5.74, 6) is 0.0728. The van der Waals surface area contributed by atoms with Crippen LogP contribution < -0.4 is 4.90 Å². The minimum absolute atomic E-state index is 0.129. The molecule has 1 amide bonds. The molecule has 0 spiro atoms. The summed E-state index contributed by atoms with van der Waals surface area (Å²) in [6.07, 6.45) is 2.85. The number of fused-ring (bicyclic) bond motifs is 1. The number of piperidine rings is 1. The lowest BCUT2D eigenvalue weighted by Gasteiger charge is -2.33. The van der Waals surface area contributed by atoms with Gasteiger partial charge in [0.2, 0.25) is 5.91 Å². The summed E-state index contributed by atoms with van der Waals surface area (Å²) in [7, 11) is -3.61. The first kappa shape index (κ1) is 23.2. The van der Waals surface area contributed by atoms with Crippen molar-refractivity contribution in [1.29, 1.82) is 0 Å². The molecule has 1 aromatic carbocycles. The zero-order chi connectivity index (χ0) is 23.9. The second kappa shape index (κ2) is 9.26. The number of aromatic nitrogens is 1. The first-order chi connectivity index (χ1) is 16.3. The van der Waals surface area contributed by atoms with E-state index in [0.29, 0.717) is 34.5 Å². The summed E-state index contributed by atoms with van der Waals surface area (Å²) in [6, 6.07) is 11.1. The minimum atomic E-state index is -3.61. The van der Waals surface area contributed by atoms with E-state index in [1.54, 1.807) is 34.7 Å². The monoisotopic (exact) mass is 515 g/mol. The minimum Gasteiger partial charge on any atom is -0.467 e. The van der Waals surface area contributed by atoms with E-state index in [4.69, 9.17) is 9.40 Å². The molecule has 1 unspecified atom stereocenters. The number of sulfonamides is 1. The van der Waals surface area contributed by atoms with Gasteiger partial charge in [0.15, 0.2) is 5.13 Å². The number of amides is 1. The Morgan fingerprint density at radius 2 is 2.12 bits per heavy atom. The van der Waals surface area contributed by atoms with Crippen molar-refractivity contribution >= 4 is 54.0 Å². The Bertz CT molecular complexity index is 1410. The molecule has 5 rings (SSSR count). The van der Waals surface area contributed by atoms with Crippen LogP contribution >= 0.6 is 22.7 Å². The lowest BCUT2D eigenvalue weighted by molar-refractivity contribution is -0.123. The van der Waals surface area contributed by atoms with Gasteiger partial charge in [0.05, 0.1) is 28.9 Å². The van der Waals surface area contributed by atoms with Crippen molar-refractivity contribution in [1.82, 2.24) is 9.29 Å². The van der Waals surface area contributed by atoms with Crippen LogP contribution in [0.25, 0.3) is 10.2 Å². The highest BCUT2D eigenvalue weighted by atomic mass is 32.2. The third-order valence-corrected chi connectivity index (χ3v) is 10.5. The normalized spacial score (nSPS) is 17.3. The van der Waals surface area contributed by atoms with Crippen LogP contribution in [0.5, 0.6) is 0 Å². The van der Waals surface area contributed by atoms with Crippen LogP contribution in [-0.2, 0) is 21.4 Å². The topological polar surface area (TPSA) is 83.7 Å². The van der Waals surface area contributed by atoms with Gasteiger partial charge in [0.1, 0.15) is 9.97 Å². The predicted molar refractivity (Wildman–Crippen MR) is 135 cm³/mol. The van der Waals surface area contributed by atoms with Gasteiger partial charge in [-0.1, -0.05) is 23.5 Å². The molecule has 1 fully saturated rings. The number of anilines is 1. The van der Waals surface area contributed by atoms with E-state index in [1.165, 1.54) is 27.0 Å². The predicted octanol–water partition coefficient (Wildman–Crippen LogP) is 5.20. The number of furan rings is 1. The Morgan fingerprint density at radius 1 is 1.26 bits per heavy atom. The van der Waals surface area contributed by atoms with E-state index in [-0.39, 0.29) is 19.0 Å². The molecule has 4 aromatic rings. The van der Waals surface area contributed by atoms with Gasteiger partial charge >= 0.3 is 0 Å². The lowest BCUT2D eigenvalue weighted by atomic mass is 9.98. The molecule has 0 aliphatic carbocycles. The molecular formula is C24H25N3O4S3. The number of carbonyl (C=O) groups excluding carboxylic acids is 1. The SMILES string of the molecule is Cc1cc(C)c2sc(N(Cc3ccco3)C(=O)C3CCCN(S(=O)(=O)c4cccs4)C3)nc2c1. The number of rotatable bonds is 6. The van der Waals surface area contributed by atoms with Crippen LogP contribution in [0.2, 0.25) is 0 Å². The molecule has 3 aromatic heterocycles. The van der Waals surface area contributed by atoms with Crippen molar-refractivity contribution in [2.45, 2.75) is 37.4 Å². The number of benzene rings is 1. The van der Waals surface area contributed by atoms with Gasteiger partial charge in [-0.25, -0.2) is 13.4 Å². The highest BCUT2D eigenvalue weighted by Crippen LogP contribution is 2.35. The number of hydrogen-bond acceptors (Lipinski definition) is 7. The second-order valence-corrected chi connectivity index (χ2v) is 12.7. The van der Waals surface area contributed by atoms with Crippen LogP contribution in [-0.4, -0.2) is 36.7 Å². The summed E-state index contributed by atoms with van der Waals surface area (Å²) < 4.78 is 34.5. The Balaban J connectivity index is 1.47. The molecule has 0 radical (unpaired) electrons. The highest BCUT2D eigenvalue weighted by molar-refractivity contribution is 7.91. The van der Waals surface area contributed by atoms with E-state index in [2.05, 4.69) is 6.07 Å². The van der Waals surface area contributed by atoms with Crippen LogP contribution in [0.3, 0.4) is 0 Å². The molecule has 178 valence electrons. The number of carbonyl (C=O) groups is 1. The van der Waals surface area contributed by atoms with Gasteiger partial charge in [-0.2, -0.15) is 4.31 Å². The van der Waals surface area contributed by atoms with Crippen molar-refractivity contribution < 1.29 is 17.6 Å². The molecule has 4 heterocycles. The third-order valence-electron chi connectivity index (χ3n) is 6.02. The van der Waals surface area contributed by atoms with Gasteiger partial charge in [0, 0.05) is 13.1 Å². The molecule has 1 aliphatic rings. The van der Waals surface area contributed by atoms with Crippen molar-refractivity contribution in [3.63, 3.8) is 0 Å². The molecule has 0 N–H and O–H groups in total. The van der Waals surface area contributed by atoms with Gasteiger partial charge in [-0.3, -0.25) is 9.69 Å². The van der Waals surface area contributed by atoms with E-state index in [9.17, 15) is 13.2 Å². The summed E-state index contributed by atoms with van der Waals surface area (Å²) in [6.45, 7) is 4.91. The van der Waals surface area contributed by atoms with Gasteiger partial charge in [0.25, 0.3) is 10.0 Å². The van der Waals surface area contributed by atoms with Crippen molar-refractivity contribution in [2.24, 2.45) is 5.92 Å². The van der Waals surface area contributed by atoms with Crippen molar-refractivity contribution in [3.05, 3.63) is 64.9 Å². The van der Waals surface area contributed by atoms with E-state index in [0.717, 1.165) is 21.3 Å². The van der Waals surface area contributed by atoms with Crippen molar-refractivity contribution in [2.75, 3.05) is 18.0 Å². The number of hydrogen-bond donors (Lipinski definition) is 0. The van der Waals surface area contributed by atoms with Crippen LogP contribution in [0, 0.1) is 19.8 Å². The van der Waals surface area contributed by atoms with Crippen LogP contribution in [0.15, 0.2) is 56.7 Å². The molecule has 7 nitrogen and oxygen atoms in total. The Labute approximate surface area is 206 Å². The number of thiophene rings is 1. The van der Waals surface area contributed by atoms with Crippen LogP contribution in [0.1, 0.15) is 29.7 Å². The summed E-state index contributed by atoms with van der Waals surface area (Å²) in [5.41, 5.74) is 3.10. The number of aryl methyl sites for hydroxylation is 2. The highest BCUT2D eigenvalue weighted by Gasteiger charge is 2.36. The molecule has 0 saturated carbocycles. The zero-order valence-corrected chi connectivity index (χ0v) is 21.4. The van der Waals surface area contributed by atoms with Crippen LogP contribution in [0.4, 0.5) is 5.13 Å². The first-order valence-electron chi connectivity index (χ1n) is 11.1. The van der Waals surface area contributed by atoms with Gasteiger partial charge in [-0.05, 0) is 67.5 Å². The van der Waals surface area contributed by atoms with E-state index < -0.39 is 15.9 Å². The zero-order valence-electron chi connectivity index (χ0n) is 18.9. The first-order valence-corrected chi connectivity index (χ1v) is 14.2. The Kier molecular flexibility index (Phi) is 6.32. The van der Waals surface area contributed by atoms with Gasteiger partial charge in [-0.15, -0.1) is 11.3 Å². The lowest BCUT2D eigenvalue weighted by Crippen LogP contribution is -2.46. The maximum absolute atomic E-state index is 13.8. The number of nitrogens with zero attached hydrogens (tertiary/aromatic N) is 3. The fourth-order valence-corrected chi connectivity index (χ4v) is 8.09. The molecule has 1 saturated heterocycles. The van der Waals surface area contributed by atoms with E-state index >= 15 is 0 Å². The molecule has 34 heavy (non-hydrogen) atoms. The average Bonchev–Trinajstić information content (AvgIpc) is 3.59. The Hall–Kier alpha value is -2.53. The third kappa shape index (κ3) is 4.43. The second-order valence-electron chi connectivity index (χ2n) is 8.56. The Morgan fingerprint density at radius 3 is 2.85 bits per heavy atom. The molecule has 1 atom stereocenters. The summed E-state index contributed by atoms with van der Waals surface area (Å²) in [5, 5.41) is 2.35.